The topological polar surface area (TPSA) is 61.7 Å². The normalized spacial score (nSPS) is 11.6. The number of halogens is 1. The molecule has 5 heteroatoms. The van der Waals surface area contributed by atoms with E-state index in [-0.39, 0.29) is 0 Å². The van der Waals surface area contributed by atoms with Crippen LogP contribution < -0.4 is 4.74 Å². The molecule has 1 aromatic heterocycles. The van der Waals surface area contributed by atoms with E-state index in [0.29, 0.717) is 23.8 Å². The van der Waals surface area contributed by atoms with Gasteiger partial charge in [0.05, 0.1) is 16.6 Å². The highest BCUT2D eigenvalue weighted by Gasteiger charge is 2.11. The van der Waals surface area contributed by atoms with Gasteiger partial charge in [0.25, 0.3) is 0 Å². The Labute approximate surface area is 200 Å². The minimum atomic E-state index is 0.430. The van der Waals surface area contributed by atoms with Crippen LogP contribution in [0.1, 0.15) is 22.5 Å². The summed E-state index contributed by atoms with van der Waals surface area (Å²) in [6, 6.07) is 28.6. The molecule has 160 valence electrons. The van der Waals surface area contributed by atoms with Crippen LogP contribution in [0.5, 0.6) is 5.75 Å². The maximum absolute atomic E-state index is 9.86. The minimum absolute atomic E-state index is 0.430. The Hall–Kier alpha value is -3.88. The molecule has 4 nitrogen and oxygen atoms in total. The van der Waals surface area contributed by atoms with Crippen LogP contribution >= 0.6 is 15.9 Å². The van der Waals surface area contributed by atoms with Crippen LogP contribution in [0.25, 0.3) is 33.5 Å². The van der Waals surface area contributed by atoms with Crippen molar-refractivity contribution in [3.8, 4) is 11.8 Å². The molecule has 5 aromatic rings. The van der Waals surface area contributed by atoms with Crippen molar-refractivity contribution in [2.45, 2.75) is 13.5 Å². The Kier molecular flexibility index (Phi) is 5.68. The minimum Gasteiger partial charge on any atom is -0.488 e. The molecule has 1 N–H and O–H groups in total. The number of aromatic nitrogens is 2. The summed E-state index contributed by atoms with van der Waals surface area (Å²) in [6.07, 6.45) is 1.81. The fourth-order valence-electron chi connectivity index (χ4n) is 3.81. The molecule has 0 unspecified atom stereocenters. The number of imidazole rings is 1. The molecule has 0 spiro atoms. The Morgan fingerprint density at radius 3 is 2.73 bits per heavy atom. The third kappa shape index (κ3) is 4.52. The van der Waals surface area contributed by atoms with E-state index in [1.165, 1.54) is 10.8 Å². The maximum Gasteiger partial charge on any atom is 0.149 e. The zero-order valence-corrected chi connectivity index (χ0v) is 19.6. The molecule has 0 radical (unpaired) electrons. The zero-order chi connectivity index (χ0) is 22.8. The molecule has 0 atom stereocenters. The van der Waals surface area contributed by atoms with Crippen LogP contribution in [0.15, 0.2) is 83.3 Å². The third-order valence-corrected chi connectivity index (χ3v) is 5.99. The first-order valence-electron chi connectivity index (χ1n) is 10.6. The highest BCUT2D eigenvalue weighted by Crippen LogP contribution is 2.29. The number of H-pyrrole nitrogens is 1. The second kappa shape index (κ2) is 8.93. The number of allylic oxidation sites excluding steroid dienone is 1. The number of fused-ring (bicyclic) bond motifs is 2. The zero-order valence-electron chi connectivity index (χ0n) is 18.0. The van der Waals surface area contributed by atoms with E-state index in [0.717, 1.165) is 32.2 Å². The van der Waals surface area contributed by atoms with Crippen molar-refractivity contribution >= 4 is 49.4 Å². The van der Waals surface area contributed by atoms with E-state index in [9.17, 15) is 5.26 Å². The lowest BCUT2D eigenvalue weighted by Gasteiger charge is -2.11. The maximum atomic E-state index is 9.86. The van der Waals surface area contributed by atoms with E-state index in [1.54, 1.807) is 0 Å². The highest BCUT2D eigenvalue weighted by molar-refractivity contribution is 9.10. The predicted octanol–water partition coefficient (Wildman–Crippen LogP) is 7.43. The Bertz CT molecular complexity index is 1560. The molecule has 0 amide bonds. The van der Waals surface area contributed by atoms with Crippen molar-refractivity contribution in [1.82, 2.24) is 9.97 Å². The Balaban J connectivity index is 1.46. The Morgan fingerprint density at radius 2 is 1.88 bits per heavy atom. The van der Waals surface area contributed by atoms with Crippen molar-refractivity contribution in [2.24, 2.45) is 0 Å². The summed E-state index contributed by atoms with van der Waals surface area (Å²) in [4.78, 5) is 7.86. The smallest absolute Gasteiger partial charge is 0.149 e. The van der Waals surface area contributed by atoms with Gasteiger partial charge < -0.3 is 9.72 Å². The van der Waals surface area contributed by atoms with Crippen molar-refractivity contribution < 1.29 is 4.74 Å². The van der Waals surface area contributed by atoms with Gasteiger partial charge in [-0.3, -0.25) is 0 Å². The van der Waals surface area contributed by atoms with Gasteiger partial charge in [-0.15, -0.1) is 0 Å². The number of benzene rings is 4. The number of ether oxygens (including phenoxy) is 1. The summed E-state index contributed by atoms with van der Waals surface area (Å²) < 4.78 is 7.08. The van der Waals surface area contributed by atoms with E-state index < -0.39 is 0 Å². The molecular weight excluding hydrogens is 474 g/mol. The molecule has 0 aliphatic heterocycles. The molecule has 0 aliphatic carbocycles. The number of rotatable bonds is 5. The summed E-state index contributed by atoms with van der Waals surface area (Å²) in [5.74, 6) is 1.24. The number of hydrogen-bond acceptors (Lipinski definition) is 3. The molecule has 0 saturated carbocycles. The van der Waals surface area contributed by atoms with Gasteiger partial charge in [0.2, 0.25) is 0 Å². The van der Waals surface area contributed by atoms with E-state index >= 15 is 0 Å². The van der Waals surface area contributed by atoms with Crippen molar-refractivity contribution in [1.29, 1.82) is 5.26 Å². The molecular formula is C28H20BrN3O. The van der Waals surface area contributed by atoms with Crippen molar-refractivity contribution in [3.63, 3.8) is 0 Å². The average Bonchev–Trinajstić information content (AvgIpc) is 3.24. The van der Waals surface area contributed by atoms with Gasteiger partial charge in [0.1, 0.15) is 24.3 Å². The number of nitrogens with zero attached hydrogens (tertiary/aromatic N) is 2. The first kappa shape index (κ1) is 21.0. The monoisotopic (exact) mass is 493 g/mol. The van der Waals surface area contributed by atoms with E-state index in [4.69, 9.17) is 4.74 Å². The van der Waals surface area contributed by atoms with Gasteiger partial charge in [-0.05, 0) is 71.3 Å². The summed E-state index contributed by atoms with van der Waals surface area (Å²) in [5.41, 5.74) is 5.21. The van der Waals surface area contributed by atoms with Crippen LogP contribution in [0.3, 0.4) is 0 Å². The van der Waals surface area contributed by atoms with Crippen molar-refractivity contribution in [3.05, 3.63) is 106 Å². The quantitative estimate of drug-likeness (QED) is 0.259. The lowest BCUT2D eigenvalue weighted by Crippen LogP contribution is -1.97. The molecule has 1 heterocycles. The molecule has 0 bridgehead atoms. The predicted molar refractivity (Wildman–Crippen MR) is 137 cm³/mol. The van der Waals surface area contributed by atoms with Gasteiger partial charge in [0, 0.05) is 10.0 Å². The third-order valence-electron chi connectivity index (χ3n) is 5.49. The van der Waals surface area contributed by atoms with Crippen LogP contribution in [-0.2, 0) is 6.61 Å². The van der Waals surface area contributed by atoms with Crippen LogP contribution in [0.2, 0.25) is 0 Å². The molecule has 0 fully saturated rings. The van der Waals surface area contributed by atoms with E-state index in [1.807, 2.05) is 61.5 Å². The lowest BCUT2D eigenvalue weighted by molar-refractivity contribution is 0.305. The van der Waals surface area contributed by atoms with E-state index in [2.05, 4.69) is 62.3 Å². The molecule has 4 aromatic carbocycles. The molecule has 0 saturated heterocycles. The lowest BCUT2D eigenvalue weighted by atomic mass is 10.1. The standard InChI is InChI=1S/C28H20BrN3O/c1-18-6-10-25-26(12-18)32-28(31-25)23(16-30)14-22-15-24(29)9-11-27(22)33-17-19-7-8-20-4-2-3-5-21(20)13-19/h2-15H,17H2,1H3,(H,31,32)/b23-14-. The fraction of sp³-hybridized carbons (Fsp3) is 0.0714. The first-order valence-corrected chi connectivity index (χ1v) is 11.4. The Morgan fingerprint density at radius 1 is 1.03 bits per heavy atom. The molecule has 0 aliphatic rings. The van der Waals surface area contributed by atoms with Gasteiger partial charge in [0.15, 0.2) is 0 Å². The number of nitriles is 1. The number of aryl methyl sites for hydroxylation is 1. The van der Waals surface area contributed by atoms with Gasteiger partial charge in [-0.25, -0.2) is 4.98 Å². The van der Waals surface area contributed by atoms with Gasteiger partial charge >= 0.3 is 0 Å². The second-order valence-electron chi connectivity index (χ2n) is 7.93. The average molecular weight is 494 g/mol. The summed E-state index contributed by atoms with van der Waals surface area (Å²) in [7, 11) is 0. The number of aromatic amines is 1. The SMILES string of the molecule is Cc1ccc2nc(/C(C#N)=C\c3cc(Br)ccc3OCc3ccc4ccccc4c3)[nH]c2c1. The molecule has 33 heavy (non-hydrogen) atoms. The first-order chi connectivity index (χ1) is 16.1. The molecule has 5 rings (SSSR count). The largest absolute Gasteiger partial charge is 0.488 e. The van der Waals surface area contributed by atoms with Crippen molar-refractivity contribution in [2.75, 3.05) is 0 Å². The summed E-state index contributed by atoms with van der Waals surface area (Å²) >= 11 is 3.53. The van der Waals surface area contributed by atoms with Crippen LogP contribution in [-0.4, -0.2) is 9.97 Å². The van der Waals surface area contributed by atoms with Gasteiger partial charge in [-0.1, -0.05) is 58.4 Å². The number of nitrogens with one attached hydrogen (secondary N) is 1. The van der Waals surface area contributed by atoms with Crippen LogP contribution in [0.4, 0.5) is 0 Å². The summed E-state index contributed by atoms with van der Waals surface area (Å²) in [6.45, 7) is 2.46. The summed E-state index contributed by atoms with van der Waals surface area (Å²) in [5, 5.41) is 12.2. The number of hydrogen-bond donors (Lipinski definition) is 1. The van der Waals surface area contributed by atoms with Crippen LogP contribution in [0, 0.1) is 18.3 Å². The van der Waals surface area contributed by atoms with Gasteiger partial charge in [-0.2, -0.15) is 5.26 Å². The fourth-order valence-corrected chi connectivity index (χ4v) is 4.19. The second-order valence-corrected chi connectivity index (χ2v) is 8.84. The highest BCUT2D eigenvalue weighted by atomic mass is 79.9.